The topological polar surface area (TPSA) is 0 Å². The van der Waals surface area contributed by atoms with E-state index < -0.39 is 0 Å². The van der Waals surface area contributed by atoms with Crippen molar-refractivity contribution in [2.75, 3.05) is 0 Å². The van der Waals surface area contributed by atoms with Crippen LogP contribution in [0.3, 0.4) is 0 Å². The summed E-state index contributed by atoms with van der Waals surface area (Å²) in [6.07, 6.45) is 5.83. The van der Waals surface area contributed by atoms with E-state index in [2.05, 4.69) is 12.0 Å². The molecule has 2 heteroatoms. The maximum atomic E-state index is 2.39. The van der Waals surface area contributed by atoms with Crippen LogP contribution in [0.2, 0.25) is 9.60 Å². The average Bonchev–Trinajstić information content (AvgIpc) is 1.81. The van der Waals surface area contributed by atoms with Gasteiger partial charge in [0, 0.05) is 0 Å². The van der Waals surface area contributed by atoms with E-state index in [1.165, 1.54) is 25.7 Å². The molecule has 0 saturated heterocycles. The summed E-state index contributed by atoms with van der Waals surface area (Å²) < 4.78 is 1.57. The highest BCUT2D eigenvalue weighted by Gasteiger charge is 1.86. The quantitative estimate of drug-likeness (QED) is 0.429. The van der Waals surface area contributed by atoms with Crippen molar-refractivity contribution >= 4 is 32.8 Å². The first-order chi connectivity index (χ1) is 3.91. The minimum absolute atomic E-state index is 0. The van der Waals surface area contributed by atoms with Gasteiger partial charge in [-0.3, -0.25) is 0 Å². The Morgan fingerprint density at radius 2 is 1.78 bits per heavy atom. The molecule has 0 aliphatic carbocycles. The van der Waals surface area contributed by atoms with Gasteiger partial charge in [-0.2, -0.15) is 5.05 Å². The van der Waals surface area contributed by atoms with E-state index >= 15 is 0 Å². The van der Waals surface area contributed by atoms with Crippen LogP contribution in [-0.2, 0) is 0 Å². The highest BCUT2D eigenvalue weighted by Crippen LogP contribution is 2.01. The van der Waals surface area contributed by atoms with E-state index in [4.69, 9.17) is 0 Å². The van der Waals surface area contributed by atoms with Crippen LogP contribution in [0.1, 0.15) is 32.6 Å². The normalized spacial score (nSPS) is 7.78. The summed E-state index contributed by atoms with van der Waals surface area (Å²) in [5, 5.41) is 2.39. The second-order valence-electron chi connectivity index (χ2n) is 2.41. The van der Waals surface area contributed by atoms with E-state index in [1.807, 2.05) is 0 Å². The van der Waals surface area contributed by atoms with Crippen molar-refractivity contribution in [2.24, 2.45) is 0 Å². The molecule has 0 amide bonds. The van der Waals surface area contributed by atoms with Gasteiger partial charge >= 0.3 is 20.4 Å². The highest BCUT2D eigenvalue weighted by molar-refractivity contribution is 6.33. The third-order valence-electron chi connectivity index (χ3n) is 1.46. The van der Waals surface area contributed by atoms with Crippen molar-refractivity contribution in [3.05, 3.63) is 0 Å². The second kappa shape index (κ2) is 11.8. The van der Waals surface area contributed by atoms with E-state index in [0.717, 1.165) is 0 Å². The van der Waals surface area contributed by atoms with Crippen LogP contribution in [0.15, 0.2) is 0 Å². The molecule has 0 radical (unpaired) electrons. The zero-order valence-corrected chi connectivity index (χ0v) is 8.88. The summed E-state index contributed by atoms with van der Waals surface area (Å²) >= 11 is 0.386. The third-order valence-corrected chi connectivity index (χ3v) is 2.66. The molecule has 9 heavy (non-hydrogen) atoms. The van der Waals surface area contributed by atoms with Crippen molar-refractivity contribution in [3.63, 3.8) is 0 Å². The fraction of sp³-hybridized carbons (Fsp3) is 1.00. The Balaban J connectivity index is 0. The summed E-state index contributed by atoms with van der Waals surface area (Å²) in [5.41, 5.74) is 0. The molecule has 0 fully saturated rings. The van der Waals surface area contributed by atoms with Crippen LogP contribution in [-0.4, -0.2) is 20.4 Å². The highest BCUT2D eigenvalue weighted by atomic mass is 35.5. The third kappa shape index (κ3) is 12.3. The molecule has 0 aliphatic heterocycles. The monoisotopic (exact) mass is 160 g/mol. The van der Waals surface area contributed by atoms with Gasteiger partial charge in [-0.05, 0) is 0 Å². The van der Waals surface area contributed by atoms with Crippen molar-refractivity contribution in [1.29, 1.82) is 0 Å². The van der Waals surface area contributed by atoms with Gasteiger partial charge in [0.2, 0.25) is 0 Å². The molecule has 0 bridgehead atoms. The molecular formula is C7H17ClMg. The Morgan fingerprint density at radius 1 is 1.11 bits per heavy atom. The van der Waals surface area contributed by atoms with Gasteiger partial charge in [-0.1, -0.05) is 32.6 Å². The molecule has 0 nitrogen and oxygen atoms in total. The van der Waals surface area contributed by atoms with Crippen LogP contribution in [0.25, 0.3) is 0 Å². The standard InChI is InChI=1S/C6H13.CH3.ClH.Mg/c1-3-5-6-4-2;;;/h1,3-6H2,2H3;1H3;1H;. The minimum Gasteiger partial charge on any atom is -0.157 e. The lowest BCUT2D eigenvalue weighted by atomic mass is 10.2. The summed E-state index contributed by atoms with van der Waals surface area (Å²) in [7, 11) is 0. The van der Waals surface area contributed by atoms with Crippen LogP contribution in [0.4, 0.5) is 0 Å². The van der Waals surface area contributed by atoms with Crippen LogP contribution in [0, 0.1) is 0 Å². The largest absolute Gasteiger partial charge is 0.360 e. The molecule has 0 aromatic rings. The Morgan fingerprint density at radius 3 is 2.22 bits per heavy atom. The second-order valence-corrected chi connectivity index (χ2v) is 4.12. The lowest BCUT2D eigenvalue weighted by Gasteiger charge is -1.93. The fourth-order valence-corrected chi connectivity index (χ4v) is 1.71. The lowest BCUT2D eigenvalue weighted by Crippen LogP contribution is -1.80. The molecule has 0 rings (SSSR count). The predicted molar refractivity (Wildman–Crippen MR) is 47.8 cm³/mol. The zero-order chi connectivity index (χ0) is 6.24. The van der Waals surface area contributed by atoms with Gasteiger partial charge in [0.25, 0.3) is 0 Å². The minimum atomic E-state index is 0. The molecule has 0 unspecified atom stereocenters. The summed E-state index contributed by atoms with van der Waals surface area (Å²) in [6, 6.07) is 0. The molecule has 0 heterocycles. The van der Waals surface area contributed by atoms with Gasteiger partial charge in [-0.25, -0.2) is 0 Å². The molecule has 0 atom stereocenters. The first-order valence-electron chi connectivity index (χ1n) is 3.91. The van der Waals surface area contributed by atoms with Crippen molar-refractivity contribution in [3.8, 4) is 0 Å². The molecule has 0 aromatic heterocycles. The number of unbranched alkanes of at least 4 members (excludes halogenated alkanes) is 3. The molecule has 0 saturated carbocycles. The smallest absolute Gasteiger partial charge is 0.157 e. The Kier molecular flexibility index (Phi) is 16.7. The maximum Gasteiger partial charge on any atom is 0.360 e. The summed E-state index contributed by atoms with van der Waals surface area (Å²) in [4.78, 5) is 0. The molecule has 0 N–H and O–H groups in total. The molecule has 0 spiro atoms. The van der Waals surface area contributed by atoms with Gasteiger partial charge in [0.05, 0.1) is 0 Å². The number of halogens is 1. The molecular weight excluding hydrogens is 144 g/mol. The van der Waals surface area contributed by atoms with E-state index in [9.17, 15) is 0 Å². The zero-order valence-electron chi connectivity index (χ0n) is 6.65. The fourth-order valence-electron chi connectivity index (χ4n) is 0.854. The van der Waals surface area contributed by atoms with Crippen molar-refractivity contribution in [1.82, 2.24) is 0 Å². The Hall–Kier alpha value is 1.06. The van der Waals surface area contributed by atoms with E-state index in [-0.39, 0.29) is 12.4 Å². The molecule has 0 aliphatic rings. The van der Waals surface area contributed by atoms with E-state index in [1.54, 1.807) is 4.55 Å². The molecule has 54 valence electrons. The van der Waals surface area contributed by atoms with E-state index in [0.29, 0.717) is 20.4 Å². The first-order valence-corrected chi connectivity index (χ1v) is 6.33. The average molecular weight is 161 g/mol. The van der Waals surface area contributed by atoms with Crippen LogP contribution in [0.5, 0.6) is 0 Å². The molecule has 0 aromatic carbocycles. The Labute approximate surface area is 74.9 Å². The number of hydrogen-bond acceptors (Lipinski definition) is 0. The number of rotatable bonds is 5. The SMILES string of the molecule is CCCCC[CH2][Mg][CH3].Cl. The Bertz CT molecular complexity index is 33.9. The lowest BCUT2D eigenvalue weighted by molar-refractivity contribution is 0.700. The van der Waals surface area contributed by atoms with Gasteiger partial charge in [0.15, 0.2) is 0 Å². The van der Waals surface area contributed by atoms with Crippen molar-refractivity contribution in [2.45, 2.75) is 42.2 Å². The number of hydrogen-bond donors (Lipinski definition) is 0. The summed E-state index contributed by atoms with van der Waals surface area (Å²) in [5.74, 6) is 0. The maximum absolute atomic E-state index is 2.39. The van der Waals surface area contributed by atoms with Gasteiger partial charge in [0.1, 0.15) is 0 Å². The van der Waals surface area contributed by atoms with Crippen molar-refractivity contribution < 1.29 is 0 Å². The summed E-state index contributed by atoms with van der Waals surface area (Å²) in [6.45, 7) is 2.27. The van der Waals surface area contributed by atoms with Gasteiger partial charge in [-0.15, -0.1) is 17.0 Å². The predicted octanol–water partition coefficient (Wildman–Crippen LogP) is 3.16. The van der Waals surface area contributed by atoms with Crippen LogP contribution < -0.4 is 0 Å². The first kappa shape index (κ1) is 12.7. The van der Waals surface area contributed by atoms with Gasteiger partial charge < -0.3 is 0 Å². The van der Waals surface area contributed by atoms with Crippen LogP contribution >= 0.6 is 12.4 Å².